The maximum Gasteiger partial charge on any atom is 0.158 e. The van der Waals surface area contributed by atoms with Crippen molar-refractivity contribution in [2.75, 3.05) is 6.61 Å². The van der Waals surface area contributed by atoms with E-state index in [0.29, 0.717) is 16.3 Å². The summed E-state index contributed by atoms with van der Waals surface area (Å²) in [4.78, 5) is 0. The molecule has 24 heavy (non-hydrogen) atoms. The van der Waals surface area contributed by atoms with Gasteiger partial charge >= 0.3 is 0 Å². The van der Waals surface area contributed by atoms with Gasteiger partial charge < -0.3 is 35.7 Å². The van der Waals surface area contributed by atoms with E-state index in [-0.39, 0.29) is 17.9 Å². The van der Waals surface area contributed by atoms with E-state index in [0.717, 1.165) is 5.56 Å². The van der Waals surface area contributed by atoms with E-state index >= 15 is 0 Å². The van der Waals surface area contributed by atoms with Gasteiger partial charge in [0.05, 0.1) is 12.7 Å². The summed E-state index contributed by atoms with van der Waals surface area (Å²) in [7, 11) is 0. The van der Waals surface area contributed by atoms with Gasteiger partial charge in [0.15, 0.2) is 11.5 Å². The lowest BCUT2D eigenvalue weighted by atomic mass is 9.92. The monoisotopic (exact) mass is 338 g/mol. The second kappa shape index (κ2) is 7.33. The quantitative estimate of drug-likeness (QED) is 0.353. The lowest BCUT2D eigenvalue weighted by Crippen LogP contribution is -2.46. The third-order valence-corrected chi connectivity index (χ3v) is 4.25. The van der Waals surface area contributed by atoms with Gasteiger partial charge in [-0.05, 0) is 41.0 Å². The van der Waals surface area contributed by atoms with Crippen LogP contribution in [-0.2, 0) is 6.42 Å². The van der Waals surface area contributed by atoms with Crippen molar-refractivity contribution in [3.05, 3.63) is 35.4 Å². The first-order chi connectivity index (χ1) is 11.3. The number of hydrogen-bond acceptors (Lipinski definition) is 7. The smallest absolute Gasteiger partial charge is 0.158 e. The lowest BCUT2D eigenvalue weighted by Gasteiger charge is -2.26. The summed E-state index contributed by atoms with van der Waals surface area (Å²) in [6.45, 7) is 1.04. The van der Waals surface area contributed by atoms with Crippen molar-refractivity contribution in [3.8, 4) is 11.5 Å². The molecule has 0 saturated heterocycles. The molecule has 0 fully saturated rings. The van der Waals surface area contributed by atoms with Crippen molar-refractivity contribution in [2.24, 2.45) is 0 Å². The second-order valence-corrected chi connectivity index (χ2v) is 5.91. The molecule has 7 N–H and O–H groups in total. The average molecular weight is 338 g/mol. The first-order valence-electron chi connectivity index (χ1n) is 7.53. The molecule has 4 atom stereocenters. The fourth-order valence-electron chi connectivity index (χ4n) is 2.67. The number of aliphatic hydroxyl groups excluding tert-OH is 5. The molecule has 7 nitrogen and oxygen atoms in total. The van der Waals surface area contributed by atoms with Crippen LogP contribution in [-0.4, -0.2) is 66.8 Å². The standard InChI is InChI=1S/C17H22O7/c1-8-9(4-14(21)16(23)17(24)15(22)7-18)2-3-10-5-12(19)13(20)6-11(8)10/h2-3,5-6,14-24H,4,7H2,1H3. The topological polar surface area (TPSA) is 142 Å². The van der Waals surface area contributed by atoms with E-state index in [1.54, 1.807) is 19.1 Å². The summed E-state index contributed by atoms with van der Waals surface area (Å²) in [5.41, 5.74) is 1.41. The molecule has 2 rings (SSSR count). The molecule has 7 heteroatoms. The Hall–Kier alpha value is -1.90. The number of phenolic OH excluding ortho intramolecular Hbond substituents is 2. The van der Waals surface area contributed by atoms with Gasteiger partial charge in [-0.1, -0.05) is 12.1 Å². The van der Waals surface area contributed by atoms with Crippen LogP contribution in [0.3, 0.4) is 0 Å². The Morgan fingerprint density at radius 3 is 2.08 bits per heavy atom. The number of aryl methyl sites for hydroxylation is 1. The summed E-state index contributed by atoms with van der Waals surface area (Å²) in [5.74, 6) is -0.490. The highest BCUT2D eigenvalue weighted by molar-refractivity contribution is 5.89. The molecule has 0 heterocycles. The first-order valence-corrected chi connectivity index (χ1v) is 7.53. The van der Waals surface area contributed by atoms with Gasteiger partial charge in [0, 0.05) is 6.42 Å². The molecular formula is C17H22O7. The van der Waals surface area contributed by atoms with E-state index in [1.807, 2.05) is 0 Å². The fourth-order valence-corrected chi connectivity index (χ4v) is 2.67. The molecule has 2 aromatic rings. The normalized spacial score (nSPS) is 16.8. The van der Waals surface area contributed by atoms with Crippen LogP contribution in [0.15, 0.2) is 24.3 Å². The Labute approximate surface area is 138 Å². The molecule has 0 aliphatic heterocycles. The fraction of sp³-hybridized carbons (Fsp3) is 0.412. The molecule has 0 saturated carbocycles. The van der Waals surface area contributed by atoms with Gasteiger partial charge in [-0.25, -0.2) is 0 Å². The zero-order valence-electron chi connectivity index (χ0n) is 13.2. The van der Waals surface area contributed by atoms with Crippen molar-refractivity contribution in [1.29, 1.82) is 0 Å². The van der Waals surface area contributed by atoms with Crippen molar-refractivity contribution >= 4 is 10.8 Å². The van der Waals surface area contributed by atoms with Gasteiger partial charge in [-0.15, -0.1) is 0 Å². The predicted molar refractivity (Wildman–Crippen MR) is 86.8 cm³/mol. The number of rotatable bonds is 6. The van der Waals surface area contributed by atoms with Gasteiger partial charge in [-0.3, -0.25) is 0 Å². The minimum Gasteiger partial charge on any atom is -0.504 e. The molecule has 0 aliphatic rings. The zero-order chi connectivity index (χ0) is 18.0. The zero-order valence-corrected chi connectivity index (χ0v) is 13.2. The molecule has 0 amide bonds. The summed E-state index contributed by atoms with van der Waals surface area (Å²) >= 11 is 0. The highest BCUT2D eigenvalue weighted by atomic mass is 16.4. The average Bonchev–Trinajstić information content (AvgIpc) is 2.57. The minimum absolute atomic E-state index is 0.000211. The molecular weight excluding hydrogens is 316 g/mol. The molecule has 0 aromatic heterocycles. The van der Waals surface area contributed by atoms with Crippen molar-refractivity contribution < 1.29 is 35.7 Å². The van der Waals surface area contributed by atoms with Crippen LogP contribution in [0.25, 0.3) is 10.8 Å². The highest BCUT2D eigenvalue weighted by Crippen LogP contribution is 2.33. The highest BCUT2D eigenvalue weighted by Gasteiger charge is 2.30. The molecule has 0 spiro atoms. The van der Waals surface area contributed by atoms with Gasteiger partial charge in [0.25, 0.3) is 0 Å². The van der Waals surface area contributed by atoms with Crippen molar-refractivity contribution in [3.63, 3.8) is 0 Å². The van der Waals surface area contributed by atoms with Crippen LogP contribution in [0.4, 0.5) is 0 Å². The number of benzene rings is 2. The van der Waals surface area contributed by atoms with E-state index in [4.69, 9.17) is 5.11 Å². The minimum atomic E-state index is -1.67. The van der Waals surface area contributed by atoms with Crippen LogP contribution in [0.5, 0.6) is 11.5 Å². The van der Waals surface area contributed by atoms with Crippen LogP contribution in [0, 0.1) is 6.92 Å². The third kappa shape index (κ3) is 3.61. The summed E-state index contributed by atoms with van der Waals surface area (Å²) < 4.78 is 0. The predicted octanol–water partition coefficient (Wildman–Crippen LogP) is -0.462. The van der Waals surface area contributed by atoms with Crippen LogP contribution < -0.4 is 0 Å². The van der Waals surface area contributed by atoms with E-state index in [2.05, 4.69) is 0 Å². The maximum atomic E-state index is 10.1. The van der Waals surface area contributed by atoms with E-state index in [1.165, 1.54) is 12.1 Å². The van der Waals surface area contributed by atoms with Gasteiger partial charge in [-0.2, -0.15) is 0 Å². The molecule has 2 aromatic carbocycles. The number of phenols is 2. The van der Waals surface area contributed by atoms with Crippen LogP contribution in [0.1, 0.15) is 11.1 Å². The molecule has 132 valence electrons. The number of aliphatic hydroxyl groups is 5. The Bertz CT molecular complexity index is 716. The Kier molecular flexibility index (Phi) is 5.63. The maximum absolute atomic E-state index is 10.1. The third-order valence-electron chi connectivity index (χ3n) is 4.25. The largest absolute Gasteiger partial charge is 0.504 e. The van der Waals surface area contributed by atoms with Gasteiger partial charge in [0.2, 0.25) is 0 Å². The summed E-state index contributed by atoms with van der Waals surface area (Å²) in [5, 5.41) is 68.3. The van der Waals surface area contributed by atoms with E-state index < -0.39 is 31.0 Å². The summed E-state index contributed by atoms with van der Waals surface area (Å²) in [6.07, 6.45) is -6.21. The van der Waals surface area contributed by atoms with Gasteiger partial charge in [0.1, 0.15) is 18.3 Å². The van der Waals surface area contributed by atoms with Crippen LogP contribution >= 0.6 is 0 Å². The molecule has 4 unspecified atom stereocenters. The first kappa shape index (κ1) is 18.4. The number of hydrogen-bond donors (Lipinski definition) is 7. The molecule has 0 bridgehead atoms. The Morgan fingerprint density at radius 1 is 0.875 bits per heavy atom. The molecule has 0 aliphatic carbocycles. The van der Waals surface area contributed by atoms with E-state index in [9.17, 15) is 30.6 Å². The number of fused-ring (bicyclic) bond motifs is 1. The molecule has 0 radical (unpaired) electrons. The number of aromatic hydroxyl groups is 2. The van der Waals surface area contributed by atoms with Crippen molar-refractivity contribution in [2.45, 2.75) is 37.8 Å². The Balaban J connectivity index is 2.26. The second-order valence-electron chi connectivity index (χ2n) is 5.91. The SMILES string of the molecule is Cc1c(CC(O)C(O)C(O)C(O)CO)ccc2cc(O)c(O)cc12. The lowest BCUT2D eigenvalue weighted by molar-refractivity contribution is -0.114. The van der Waals surface area contributed by atoms with Crippen LogP contribution in [0.2, 0.25) is 0 Å². The summed E-state index contributed by atoms with van der Waals surface area (Å²) in [6, 6.07) is 6.25. The van der Waals surface area contributed by atoms with Crippen molar-refractivity contribution in [1.82, 2.24) is 0 Å². The Morgan fingerprint density at radius 2 is 1.46 bits per heavy atom.